The molecule has 2 heterocycles. The molecule has 0 radical (unpaired) electrons. The number of benzene rings is 3. The van der Waals surface area contributed by atoms with Crippen molar-refractivity contribution in [2.24, 2.45) is 0 Å². The minimum atomic E-state index is -1.54. The lowest BCUT2D eigenvalue weighted by atomic mass is 9.77. The van der Waals surface area contributed by atoms with Crippen LogP contribution in [0.3, 0.4) is 0 Å². The number of ether oxygens (including phenoxy) is 2. The van der Waals surface area contributed by atoms with E-state index in [1.807, 2.05) is 0 Å². The first-order valence-electron chi connectivity index (χ1n) is 13.3. The van der Waals surface area contributed by atoms with Crippen molar-refractivity contribution in [2.75, 3.05) is 0 Å². The first-order valence-corrected chi connectivity index (χ1v) is 13.3. The summed E-state index contributed by atoms with van der Waals surface area (Å²) >= 11 is 0. The Morgan fingerprint density at radius 2 is 1.35 bits per heavy atom. The quantitative estimate of drug-likeness (QED) is 0.197. The van der Waals surface area contributed by atoms with Crippen LogP contribution in [0.2, 0.25) is 0 Å². The molecule has 43 heavy (non-hydrogen) atoms. The molecule has 0 bridgehead atoms. The average molecular weight is 593 g/mol. The van der Waals surface area contributed by atoms with E-state index < -0.39 is 59.1 Å². The second-order valence-electron chi connectivity index (χ2n) is 10.6. The molecule has 0 aromatic heterocycles. The van der Waals surface area contributed by atoms with Crippen LogP contribution in [0, 0.1) is 0 Å². The SMILES string of the molecule is OC1=CCC=C(C2c3c(O)cc(O)cc3OC(c3cc(O)c(O)c(O)c3)C2O)C2=C1CC(O)C(c1ccc(O)c(O)c1)O2. The molecule has 5 atom stereocenters. The van der Waals surface area contributed by atoms with Gasteiger partial charge in [0.25, 0.3) is 0 Å². The van der Waals surface area contributed by atoms with E-state index in [-0.39, 0.29) is 63.9 Å². The molecule has 0 saturated heterocycles. The Balaban J connectivity index is 1.51. The van der Waals surface area contributed by atoms with Crippen molar-refractivity contribution in [2.45, 2.75) is 43.2 Å². The minimum Gasteiger partial charge on any atom is -0.508 e. The van der Waals surface area contributed by atoms with Crippen molar-refractivity contribution >= 4 is 0 Å². The molecular weight excluding hydrogens is 564 g/mol. The summed E-state index contributed by atoms with van der Waals surface area (Å²) in [5.74, 6) is -4.99. The van der Waals surface area contributed by atoms with Crippen molar-refractivity contribution < 1.29 is 60.5 Å². The Labute approximate surface area is 243 Å². The molecular formula is C31H28O12. The van der Waals surface area contributed by atoms with Gasteiger partial charge in [-0.05, 0) is 42.3 Å². The standard InChI is InChI=1S/C31H28O12/c32-14-9-20(36)26-24(10-14)42-30(13-7-21(37)27(40)22(38)8-13)28(41)25(26)15-2-1-3-17(33)16-11-23(39)29(43-31(15)16)12-4-5-18(34)19(35)6-12/h2-10,23,25,28-30,32-41H,1,11H2. The Kier molecular flexibility index (Phi) is 6.67. The summed E-state index contributed by atoms with van der Waals surface area (Å²) in [6, 6.07) is 8.39. The predicted molar refractivity (Wildman–Crippen MR) is 148 cm³/mol. The van der Waals surface area contributed by atoms with Crippen LogP contribution in [0.1, 0.15) is 47.7 Å². The van der Waals surface area contributed by atoms with Gasteiger partial charge in [0.1, 0.15) is 41.0 Å². The van der Waals surface area contributed by atoms with Crippen LogP contribution in [0.25, 0.3) is 0 Å². The second-order valence-corrected chi connectivity index (χ2v) is 10.6. The maximum atomic E-state index is 11.8. The van der Waals surface area contributed by atoms with Gasteiger partial charge in [0.2, 0.25) is 0 Å². The summed E-state index contributed by atoms with van der Waals surface area (Å²) in [4.78, 5) is 0. The van der Waals surface area contributed by atoms with E-state index in [2.05, 4.69) is 0 Å². The van der Waals surface area contributed by atoms with Gasteiger partial charge in [0.05, 0.1) is 6.10 Å². The summed E-state index contributed by atoms with van der Waals surface area (Å²) in [6.07, 6.45) is -1.93. The lowest BCUT2D eigenvalue weighted by Gasteiger charge is -2.41. The van der Waals surface area contributed by atoms with Gasteiger partial charge in [-0.2, -0.15) is 0 Å². The molecule has 2 aliphatic heterocycles. The number of phenols is 7. The zero-order valence-electron chi connectivity index (χ0n) is 22.3. The zero-order valence-corrected chi connectivity index (χ0v) is 22.3. The highest BCUT2D eigenvalue weighted by molar-refractivity contribution is 5.61. The maximum Gasteiger partial charge on any atom is 0.200 e. The molecule has 1 aliphatic carbocycles. The Morgan fingerprint density at radius 1 is 0.651 bits per heavy atom. The third kappa shape index (κ3) is 4.66. The molecule has 0 amide bonds. The van der Waals surface area contributed by atoms with Crippen LogP contribution >= 0.6 is 0 Å². The largest absolute Gasteiger partial charge is 0.508 e. The highest BCUT2D eigenvalue weighted by Crippen LogP contribution is 2.55. The van der Waals surface area contributed by atoms with Crippen LogP contribution in [-0.4, -0.2) is 63.3 Å². The van der Waals surface area contributed by atoms with Crippen LogP contribution < -0.4 is 4.74 Å². The molecule has 3 aliphatic rings. The molecule has 0 fully saturated rings. The number of aliphatic hydroxyl groups is 3. The van der Waals surface area contributed by atoms with Crippen molar-refractivity contribution in [1.29, 1.82) is 0 Å². The smallest absolute Gasteiger partial charge is 0.200 e. The Hall–Kier alpha value is -5.20. The molecule has 0 spiro atoms. The number of aliphatic hydroxyl groups excluding tert-OH is 3. The number of allylic oxidation sites excluding steroid dienone is 4. The lowest BCUT2D eigenvalue weighted by Crippen LogP contribution is -2.37. The van der Waals surface area contributed by atoms with Gasteiger partial charge in [0, 0.05) is 46.7 Å². The number of phenolic OH excluding ortho intramolecular Hbond substituents is 7. The van der Waals surface area contributed by atoms with Gasteiger partial charge in [0.15, 0.2) is 34.9 Å². The van der Waals surface area contributed by atoms with Gasteiger partial charge in [-0.3, -0.25) is 0 Å². The number of hydrogen-bond donors (Lipinski definition) is 10. The third-order valence-corrected chi connectivity index (χ3v) is 7.91. The van der Waals surface area contributed by atoms with Gasteiger partial charge in [-0.15, -0.1) is 0 Å². The Morgan fingerprint density at radius 3 is 2.05 bits per heavy atom. The molecule has 6 rings (SSSR count). The molecule has 224 valence electrons. The second kappa shape index (κ2) is 10.3. The summed E-state index contributed by atoms with van der Waals surface area (Å²) in [6.45, 7) is 0. The number of aromatic hydroxyl groups is 7. The van der Waals surface area contributed by atoms with Crippen molar-refractivity contribution in [1.82, 2.24) is 0 Å². The number of rotatable bonds is 3. The maximum absolute atomic E-state index is 11.8. The van der Waals surface area contributed by atoms with Crippen LogP contribution in [-0.2, 0) is 4.74 Å². The highest BCUT2D eigenvalue weighted by atomic mass is 16.5. The van der Waals surface area contributed by atoms with E-state index in [4.69, 9.17) is 9.47 Å². The van der Waals surface area contributed by atoms with Gasteiger partial charge in [-0.1, -0.05) is 12.1 Å². The van der Waals surface area contributed by atoms with E-state index in [0.29, 0.717) is 5.56 Å². The van der Waals surface area contributed by atoms with Crippen molar-refractivity contribution in [3.63, 3.8) is 0 Å². The molecule has 3 aromatic rings. The average Bonchev–Trinajstić information content (AvgIpc) is 3.10. The molecule has 12 heteroatoms. The summed E-state index contributed by atoms with van der Waals surface area (Å²) in [7, 11) is 0. The molecule has 3 aromatic carbocycles. The van der Waals surface area contributed by atoms with E-state index in [9.17, 15) is 51.1 Å². The Bertz CT molecular complexity index is 1700. The van der Waals surface area contributed by atoms with Gasteiger partial charge in [-0.25, -0.2) is 0 Å². The first kappa shape index (κ1) is 27.9. The molecule has 5 unspecified atom stereocenters. The zero-order chi connectivity index (χ0) is 30.7. The molecule has 0 saturated carbocycles. The number of hydrogen-bond acceptors (Lipinski definition) is 12. The van der Waals surface area contributed by atoms with E-state index >= 15 is 0 Å². The topological polar surface area (TPSA) is 221 Å². The van der Waals surface area contributed by atoms with Crippen molar-refractivity contribution in [3.8, 4) is 46.0 Å². The van der Waals surface area contributed by atoms with E-state index in [1.54, 1.807) is 6.08 Å². The molecule has 12 nitrogen and oxygen atoms in total. The third-order valence-electron chi connectivity index (χ3n) is 7.91. The minimum absolute atomic E-state index is 0.0369. The fourth-order valence-electron chi connectivity index (χ4n) is 5.89. The fraction of sp³-hybridized carbons (Fsp3) is 0.226. The first-order chi connectivity index (χ1) is 20.4. The van der Waals surface area contributed by atoms with Crippen molar-refractivity contribution in [3.05, 3.63) is 94.0 Å². The number of fused-ring (bicyclic) bond motifs is 1. The predicted octanol–water partition coefficient (Wildman–Crippen LogP) is 3.75. The summed E-state index contributed by atoms with van der Waals surface area (Å²) < 4.78 is 12.3. The van der Waals surface area contributed by atoms with E-state index in [0.717, 1.165) is 18.2 Å². The van der Waals surface area contributed by atoms with Gasteiger partial charge >= 0.3 is 0 Å². The van der Waals surface area contributed by atoms with Gasteiger partial charge < -0.3 is 60.5 Å². The normalized spacial score (nSPS) is 24.9. The monoisotopic (exact) mass is 592 g/mol. The molecule has 10 N–H and O–H groups in total. The van der Waals surface area contributed by atoms with Crippen LogP contribution in [0.5, 0.6) is 46.0 Å². The van der Waals surface area contributed by atoms with Crippen LogP contribution in [0.15, 0.2) is 77.3 Å². The lowest BCUT2D eigenvalue weighted by molar-refractivity contribution is -0.0258. The fourth-order valence-corrected chi connectivity index (χ4v) is 5.89. The summed E-state index contributed by atoms with van der Waals surface area (Å²) in [5, 5.41) is 105. The van der Waals surface area contributed by atoms with E-state index in [1.165, 1.54) is 30.3 Å². The van der Waals surface area contributed by atoms with Crippen LogP contribution in [0.4, 0.5) is 0 Å². The highest BCUT2D eigenvalue weighted by Gasteiger charge is 2.46. The summed E-state index contributed by atoms with van der Waals surface area (Å²) in [5.41, 5.74) is 0.938.